The van der Waals surface area contributed by atoms with Crippen LogP contribution in [0.3, 0.4) is 0 Å². The van der Waals surface area contributed by atoms with E-state index in [9.17, 15) is 14.4 Å². The van der Waals surface area contributed by atoms with E-state index < -0.39 is 5.97 Å². The maximum Gasteiger partial charge on any atom is 0.358 e. The average Bonchev–Trinajstić information content (AvgIpc) is 2.47. The molecule has 0 atom stereocenters. The Hall–Kier alpha value is -2.18. The number of rotatable bonds is 2. The maximum atomic E-state index is 11.9. The molecule has 7 heteroatoms. The fourth-order valence-electron chi connectivity index (χ4n) is 2.33. The first-order valence-electron chi connectivity index (χ1n) is 6.46. The molecule has 2 heterocycles. The van der Waals surface area contributed by atoms with Gasteiger partial charge in [-0.05, 0) is 18.9 Å². The van der Waals surface area contributed by atoms with E-state index in [-0.39, 0.29) is 23.2 Å². The zero-order chi connectivity index (χ0) is 14.7. The van der Waals surface area contributed by atoms with Crippen molar-refractivity contribution in [3.63, 3.8) is 0 Å². The molecule has 0 saturated carbocycles. The molecule has 20 heavy (non-hydrogen) atoms. The predicted octanol–water partition coefficient (Wildman–Crippen LogP) is 0.213. The first kappa shape index (κ1) is 14.2. The van der Waals surface area contributed by atoms with Gasteiger partial charge in [-0.15, -0.1) is 0 Å². The lowest BCUT2D eigenvalue weighted by Crippen LogP contribution is -2.40. The lowest BCUT2D eigenvalue weighted by Gasteiger charge is -2.31. The Kier molecular flexibility index (Phi) is 4.16. The Labute approximate surface area is 116 Å². The van der Waals surface area contributed by atoms with E-state index in [2.05, 4.69) is 9.84 Å². The summed E-state index contributed by atoms with van der Waals surface area (Å²) in [6.45, 7) is 2.72. The first-order chi connectivity index (χ1) is 9.52. The molecular formula is C13H17N3O4. The van der Waals surface area contributed by atoms with Gasteiger partial charge in [-0.1, -0.05) is 0 Å². The summed E-state index contributed by atoms with van der Waals surface area (Å²) in [5.41, 5.74) is -0.139. The monoisotopic (exact) mass is 279 g/mol. The molecule has 0 unspecified atom stereocenters. The van der Waals surface area contributed by atoms with Crippen molar-refractivity contribution in [1.29, 1.82) is 0 Å². The Morgan fingerprint density at radius 3 is 2.50 bits per heavy atom. The van der Waals surface area contributed by atoms with Gasteiger partial charge in [0.1, 0.15) is 0 Å². The lowest BCUT2D eigenvalue weighted by atomic mass is 10.1. The number of amides is 1. The third-order valence-electron chi connectivity index (χ3n) is 3.48. The topological polar surface area (TPSA) is 81.5 Å². The summed E-state index contributed by atoms with van der Waals surface area (Å²) in [4.78, 5) is 36.3. The molecule has 7 nitrogen and oxygen atoms in total. The van der Waals surface area contributed by atoms with Gasteiger partial charge in [-0.2, -0.15) is 5.10 Å². The molecule has 0 bridgehead atoms. The van der Waals surface area contributed by atoms with E-state index in [1.165, 1.54) is 30.8 Å². The smallest absolute Gasteiger partial charge is 0.358 e. The highest BCUT2D eigenvalue weighted by molar-refractivity contribution is 5.86. The second-order valence-electron chi connectivity index (χ2n) is 4.73. The van der Waals surface area contributed by atoms with Crippen molar-refractivity contribution in [3.05, 3.63) is 28.2 Å². The van der Waals surface area contributed by atoms with Gasteiger partial charge in [-0.25, -0.2) is 9.48 Å². The minimum absolute atomic E-state index is 0.0343. The number of likely N-dealkylation sites (tertiary alicyclic amines) is 1. The summed E-state index contributed by atoms with van der Waals surface area (Å²) in [7, 11) is 1.27. The van der Waals surface area contributed by atoms with E-state index in [1.54, 1.807) is 4.90 Å². The fraction of sp³-hybridized carbons (Fsp3) is 0.538. The van der Waals surface area contributed by atoms with Gasteiger partial charge in [0.05, 0.1) is 13.2 Å². The van der Waals surface area contributed by atoms with Crippen LogP contribution in [0.25, 0.3) is 0 Å². The van der Waals surface area contributed by atoms with Gasteiger partial charge in [0.2, 0.25) is 5.91 Å². The molecule has 0 aromatic carbocycles. The molecule has 2 rings (SSSR count). The minimum Gasteiger partial charge on any atom is -0.464 e. The molecule has 0 N–H and O–H groups in total. The Bertz CT molecular complexity index is 573. The average molecular weight is 279 g/mol. The Balaban J connectivity index is 2.19. The number of esters is 1. The van der Waals surface area contributed by atoms with E-state index in [4.69, 9.17) is 0 Å². The molecule has 1 fully saturated rings. The fourth-order valence-corrected chi connectivity index (χ4v) is 2.33. The third kappa shape index (κ3) is 2.87. The van der Waals surface area contributed by atoms with Gasteiger partial charge in [0, 0.05) is 26.1 Å². The van der Waals surface area contributed by atoms with Crippen LogP contribution in [0.4, 0.5) is 0 Å². The predicted molar refractivity (Wildman–Crippen MR) is 70.4 cm³/mol. The Morgan fingerprint density at radius 1 is 1.30 bits per heavy atom. The van der Waals surface area contributed by atoms with Crippen LogP contribution in [-0.2, 0) is 9.53 Å². The first-order valence-corrected chi connectivity index (χ1v) is 6.46. The van der Waals surface area contributed by atoms with Crippen LogP contribution in [0.15, 0.2) is 16.9 Å². The van der Waals surface area contributed by atoms with Crippen molar-refractivity contribution >= 4 is 11.9 Å². The molecule has 1 aliphatic heterocycles. The SMILES string of the molecule is COC(=O)c1ccc(=O)n(C2CCN(C(C)=O)CC2)n1. The van der Waals surface area contributed by atoms with E-state index in [1.807, 2.05) is 0 Å². The van der Waals surface area contributed by atoms with Crippen LogP contribution < -0.4 is 5.56 Å². The summed E-state index contributed by atoms with van der Waals surface area (Å²) in [6, 6.07) is 2.58. The van der Waals surface area contributed by atoms with Crippen molar-refractivity contribution in [2.75, 3.05) is 20.2 Å². The van der Waals surface area contributed by atoms with Crippen LogP contribution in [0, 0.1) is 0 Å². The van der Waals surface area contributed by atoms with Gasteiger partial charge in [0.15, 0.2) is 5.69 Å². The summed E-state index contributed by atoms with van der Waals surface area (Å²) in [5.74, 6) is -0.535. The standard InChI is InChI=1S/C13H17N3O4/c1-9(17)15-7-5-10(6-8-15)16-12(18)4-3-11(14-16)13(19)20-2/h3-4,10H,5-8H2,1-2H3. The molecule has 108 valence electrons. The highest BCUT2D eigenvalue weighted by atomic mass is 16.5. The highest BCUT2D eigenvalue weighted by Gasteiger charge is 2.24. The summed E-state index contributed by atoms with van der Waals surface area (Å²) >= 11 is 0. The van der Waals surface area contributed by atoms with Gasteiger partial charge in [0.25, 0.3) is 5.56 Å². The molecule has 1 saturated heterocycles. The number of carbonyl (C=O) groups is 2. The van der Waals surface area contributed by atoms with Gasteiger partial charge in [-0.3, -0.25) is 9.59 Å². The zero-order valence-electron chi connectivity index (χ0n) is 11.5. The lowest BCUT2D eigenvalue weighted by molar-refractivity contribution is -0.130. The van der Waals surface area contributed by atoms with Crippen LogP contribution in [0.5, 0.6) is 0 Å². The number of ether oxygens (including phenoxy) is 1. The van der Waals surface area contributed by atoms with E-state index >= 15 is 0 Å². The van der Waals surface area contributed by atoms with Crippen LogP contribution >= 0.6 is 0 Å². The number of nitrogens with zero attached hydrogens (tertiary/aromatic N) is 3. The molecule has 1 aliphatic rings. The zero-order valence-corrected chi connectivity index (χ0v) is 11.5. The van der Waals surface area contributed by atoms with Crippen molar-refractivity contribution < 1.29 is 14.3 Å². The molecule has 1 aromatic rings. The molecule has 0 aliphatic carbocycles. The van der Waals surface area contributed by atoms with Gasteiger partial charge < -0.3 is 9.64 Å². The van der Waals surface area contributed by atoms with Crippen molar-refractivity contribution in [1.82, 2.24) is 14.7 Å². The minimum atomic E-state index is -0.570. The number of aromatic nitrogens is 2. The van der Waals surface area contributed by atoms with Crippen LogP contribution in [-0.4, -0.2) is 46.8 Å². The number of hydrogen-bond acceptors (Lipinski definition) is 5. The highest BCUT2D eigenvalue weighted by Crippen LogP contribution is 2.20. The normalized spacial score (nSPS) is 16.0. The number of methoxy groups -OCH3 is 1. The van der Waals surface area contributed by atoms with Crippen molar-refractivity contribution in [2.24, 2.45) is 0 Å². The second kappa shape index (κ2) is 5.85. The maximum absolute atomic E-state index is 11.9. The van der Waals surface area contributed by atoms with E-state index in [0.29, 0.717) is 25.9 Å². The van der Waals surface area contributed by atoms with Crippen molar-refractivity contribution in [3.8, 4) is 0 Å². The summed E-state index contributed by atoms with van der Waals surface area (Å²) in [5, 5.41) is 4.06. The summed E-state index contributed by atoms with van der Waals surface area (Å²) in [6.07, 6.45) is 1.30. The van der Waals surface area contributed by atoms with Crippen LogP contribution in [0.1, 0.15) is 36.3 Å². The summed E-state index contributed by atoms with van der Waals surface area (Å²) < 4.78 is 5.92. The molecule has 1 aromatic heterocycles. The molecular weight excluding hydrogens is 262 g/mol. The largest absolute Gasteiger partial charge is 0.464 e. The number of hydrogen-bond donors (Lipinski definition) is 0. The molecule has 0 spiro atoms. The quantitative estimate of drug-likeness (QED) is 0.723. The second-order valence-corrected chi connectivity index (χ2v) is 4.73. The molecule has 0 radical (unpaired) electrons. The van der Waals surface area contributed by atoms with E-state index in [0.717, 1.165) is 0 Å². The van der Waals surface area contributed by atoms with Crippen molar-refractivity contribution in [2.45, 2.75) is 25.8 Å². The molecule has 1 amide bonds. The van der Waals surface area contributed by atoms with Gasteiger partial charge >= 0.3 is 5.97 Å². The third-order valence-corrected chi connectivity index (χ3v) is 3.48. The number of carbonyl (C=O) groups excluding carboxylic acids is 2. The number of piperidine rings is 1. The Morgan fingerprint density at radius 2 is 1.95 bits per heavy atom. The van der Waals surface area contributed by atoms with Crippen LogP contribution in [0.2, 0.25) is 0 Å².